The van der Waals surface area contributed by atoms with Crippen LogP contribution in [0.25, 0.3) is 11.3 Å². The molecule has 1 aromatic carbocycles. The van der Waals surface area contributed by atoms with Gasteiger partial charge in [0.15, 0.2) is 0 Å². The number of H-pyrrole nitrogens is 1. The first-order valence-corrected chi connectivity index (χ1v) is 6.79. The van der Waals surface area contributed by atoms with Crippen LogP contribution in [-0.2, 0) is 0 Å². The van der Waals surface area contributed by atoms with E-state index in [1.54, 1.807) is 12.3 Å². The van der Waals surface area contributed by atoms with Crippen LogP contribution in [0.4, 0.5) is 4.39 Å². The van der Waals surface area contributed by atoms with E-state index in [-0.39, 0.29) is 11.9 Å². The molecule has 4 heteroatoms. The van der Waals surface area contributed by atoms with E-state index in [0.29, 0.717) is 5.92 Å². The Balaban J connectivity index is 1.83. The molecule has 1 fully saturated rings. The lowest BCUT2D eigenvalue weighted by molar-refractivity contribution is 0.383. The summed E-state index contributed by atoms with van der Waals surface area (Å²) in [4.78, 5) is 7.76. The van der Waals surface area contributed by atoms with Gasteiger partial charge in [-0.15, -0.1) is 0 Å². The van der Waals surface area contributed by atoms with Crippen LogP contribution in [0.3, 0.4) is 0 Å². The molecule has 1 saturated carbocycles. The van der Waals surface area contributed by atoms with E-state index < -0.39 is 0 Å². The van der Waals surface area contributed by atoms with E-state index in [4.69, 9.17) is 5.73 Å². The number of nitrogens with two attached hydrogens (primary N) is 1. The van der Waals surface area contributed by atoms with Crippen molar-refractivity contribution in [2.24, 2.45) is 5.73 Å². The molecule has 1 aliphatic rings. The molecule has 19 heavy (non-hydrogen) atoms. The fourth-order valence-corrected chi connectivity index (χ4v) is 2.82. The van der Waals surface area contributed by atoms with Gasteiger partial charge < -0.3 is 10.7 Å². The molecule has 0 aliphatic heterocycles. The van der Waals surface area contributed by atoms with Gasteiger partial charge in [0.05, 0.1) is 11.9 Å². The lowest BCUT2D eigenvalue weighted by Gasteiger charge is -2.24. The second kappa shape index (κ2) is 5.13. The lowest BCUT2D eigenvalue weighted by atomic mass is 9.86. The topological polar surface area (TPSA) is 54.7 Å². The third-order valence-electron chi connectivity index (χ3n) is 3.83. The highest BCUT2D eigenvalue weighted by molar-refractivity contribution is 5.58. The number of hydrogen-bond acceptors (Lipinski definition) is 2. The molecular formula is C15H18FN3. The van der Waals surface area contributed by atoms with Gasteiger partial charge in [-0.25, -0.2) is 9.37 Å². The zero-order valence-electron chi connectivity index (χ0n) is 10.8. The monoisotopic (exact) mass is 259 g/mol. The Morgan fingerprint density at radius 1 is 1.32 bits per heavy atom. The molecule has 2 unspecified atom stereocenters. The Hall–Kier alpha value is -1.68. The second-order valence-corrected chi connectivity index (χ2v) is 5.32. The normalized spacial score (nSPS) is 23.5. The summed E-state index contributed by atoms with van der Waals surface area (Å²) >= 11 is 0. The van der Waals surface area contributed by atoms with Crippen molar-refractivity contribution in [3.8, 4) is 11.3 Å². The summed E-state index contributed by atoms with van der Waals surface area (Å²) < 4.78 is 13.2. The van der Waals surface area contributed by atoms with E-state index >= 15 is 0 Å². The van der Waals surface area contributed by atoms with E-state index in [1.807, 2.05) is 6.07 Å². The van der Waals surface area contributed by atoms with Gasteiger partial charge in [-0.1, -0.05) is 18.6 Å². The molecule has 3 rings (SSSR count). The quantitative estimate of drug-likeness (QED) is 0.870. The van der Waals surface area contributed by atoms with Gasteiger partial charge in [0.25, 0.3) is 0 Å². The molecule has 100 valence electrons. The maximum absolute atomic E-state index is 13.2. The minimum Gasteiger partial charge on any atom is -0.342 e. The zero-order chi connectivity index (χ0) is 13.2. The molecule has 2 aromatic rings. The summed E-state index contributed by atoms with van der Waals surface area (Å²) in [7, 11) is 0. The standard InChI is InChI=1S/C15H18FN3/c16-12-5-1-3-10(7-12)14-9-18-15(19-14)11-4-2-6-13(17)8-11/h1,3,5,7,9,11,13H,2,4,6,8,17H2,(H,18,19). The van der Waals surface area contributed by atoms with Gasteiger partial charge >= 0.3 is 0 Å². The Labute approximate surface area is 112 Å². The fourth-order valence-electron chi connectivity index (χ4n) is 2.82. The van der Waals surface area contributed by atoms with Crippen LogP contribution in [0.2, 0.25) is 0 Å². The van der Waals surface area contributed by atoms with Crippen LogP contribution in [0, 0.1) is 5.82 Å². The first-order valence-electron chi connectivity index (χ1n) is 6.79. The van der Waals surface area contributed by atoms with Crippen LogP contribution in [0.1, 0.15) is 37.4 Å². The van der Waals surface area contributed by atoms with Gasteiger partial charge in [-0.05, 0) is 31.4 Å². The number of nitrogens with one attached hydrogen (secondary N) is 1. The van der Waals surface area contributed by atoms with Crippen molar-refractivity contribution in [2.45, 2.75) is 37.6 Å². The lowest BCUT2D eigenvalue weighted by Crippen LogP contribution is -2.27. The molecule has 1 aliphatic carbocycles. The predicted molar refractivity (Wildman–Crippen MR) is 73.2 cm³/mol. The summed E-state index contributed by atoms with van der Waals surface area (Å²) in [5.41, 5.74) is 7.71. The molecule has 2 atom stereocenters. The van der Waals surface area contributed by atoms with Crippen molar-refractivity contribution < 1.29 is 4.39 Å². The van der Waals surface area contributed by atoms with Gasteiger partial charge in [-0.2, -0.15) is 0 Å². The predicted octanol–water partition coefficient (Wildman–Crippen LogP) is 3.20. The molecule has 0 saturated heterocycles. The minimum absolute atomic E-state index is 0.228. The molecule has 0 amide bonds. The van der Waals surface area contributed by atoms with E-state index in [2.05, 4.69) is 9.97 Å². The maximum atomic E-state index is 13.2. The highest BCUT2D eigenvalue weighted by atomic mass is 19.1. The first kappa shape index (κ1) is 12.4. The van der Waals surface area contributed by atoms with Crippen molar-refractivity contribution in [3.63, 3.8) is 0 Å². The zero-order valence-corrected chi connectivity index (χ0v) is 10.8. The molecule has 1 aromatic heterocycles. The number of nitrogens with zero attached hydrogens (tertiary/aromatic N) is 1. The fraction of sp³-hybridized carbons (Fsp3) is 0.400. The highest BCUT2D eigenvalue weighted by Crippen LogP contribution is 2.31. The van der Waals surface area contributed by atoms with Gasteiger partial charge in [0.2, 0.25) is 0 Å². The summed E-state index contributed by atoms with van der Waals surface area (Å²) in [6.45, 7) is 0. The molecule has 0 spiro atoms. The number of hydrogen-bond donors (Lipinski definition) is 2. The maximum Gasteiger partial charge on any atom is 0.123 e. The summed E-state index contributed by atoms with van der Waals surface area (Å²) in [6.07, 6.45) is 6.15. The molecule has 1 heterocycles. The Morgan fingerprint density at radius 2 is 2.21 bits per heavy atom. The first-order chi connectivity index (χ1) is 9.22. The van der Waals surface area contributed by atoms with Gasteiger partial charge in [-0.3, -0.25) is 0 Å². The van der Waals surface area contributed by atoms with Crippen LogP contribution in [-0.4, -0.2) is 16.0 Å². The van der Waals surface area contributed by atoms with E-state index in [1.165, 1.54) is 12.1 Å². The minimum atomic E-state index is -0.228. The Kier molecular flexibility index (Phi) is 3.34. The van der Waals surface area contributed by atoms with E-state index in [0.717, 1.165) is 42.8 Å². The van der Waals surface area contributed by atoms with Crippen molar-refractivity contribution in [3.05, 3.63) is 42.1 Å². The number of benzene rings is 1. The molecule has 3 nitrogen and oxygen atoms in total. The molecule has 0 radical (unpaired) electrons. The Morgan fingerprint density at radius 3 is 3.00 bits per heavy atom. The summed E-state index contributed by atoms with van der Waals surface area (Å²) in [5, 5.41) is 0. The number of aromatic nitrogens is 2. The van der Waals surface area contributed by atoms with Gasteiger partial charge in [0.1, 0.15) is 11.6 Å². The third-order valence-corrected chi connectivity index (χ3v) is 3.83. The summed E-state index contributed by atoms with van der Waals surface area (Å²) in [6, 6.07) is 6.83. The number of aromatic amines is 1. The smallest absolute Gasteiger partial charge is 0.123 e. The average Bonchev–Trinajstić information content (AvgIpc) is 2.88. The highest BCUT2D eigenvalue weighted by Gasteiger charge is 2.23. The Bertz CT molecular complexity index is 564. The van der Waals surface area contributed by atoms with Crippen LogP contribution in [0.5, 0.6) is 0 Å². The van der Waals surface area contributed by atoms with Crippen molar-refractivity contribution in [2.75, 3.05) is 0 Å². The SMILES string of the molecule is NC1CCCC(c2ncc(-c3cccc(F)c3)[nH]2)C1. The number of imidazole rings is 1. The molecular weight excluding hydrogens is 241 g/mol. The van der Waals surface area contributed by atoms with Gasteiger partial charge in [0, 0.05) is 17.5 Å². The van der Waals surface area contributed by atoms with Crippen LogP contribution >= 0.6 is 0 Å². The summed E-state index contributed by atoms with van der Waals surface area (Å²) in [5.74, 6) is 1.16. The second-order valence-electron chi connectivity index (χ2n) is 5.32. The molecule has 0 bridgehead atoms. The van der Waals surface area contributed by atoms with Crippen molar-refractivity contribution in [1.29, 1.82) is 0 Å². The number of halogens is 1. The van der Waals surface area contributed by atoms with Crippen molar-refractivity contribution in [1.82, 2.24) is 9.97 Å². The molecule has 3 N–H and O–H groups in total. The van der Waals surface area contributed by atoms with Crippen LogP contribution in [0.15, 0.2) is 30.5 Å². The van der Waals surface area contributed by atoms with Crippen molar-refractivity contribution >= 4 is 0 Å². The van der Waals surface area contributed by atoms with Crippen LogP contribution < -0.4 is 5.73 Å². The third kappa shape index (κ3) is 2.68. The van der Waals surface area contributed by atoms with E-state index in [9.17, 15) is 4.39 Å². The number of rotatable bonds is 2. The largest absolute Gasteiger partial charge is 0.342 e. The average molecular weight is 259 g/mol.